The van der Waals surface area contributed by atoms with Crippen LogP contribution in [0.4, 0.5) is 0 Å². The number of hydrogen-bond acceptors (Lipinski definition) is 6. The maximum absolute atomic E-state index is 9.53. The van der Waals surface area contributed by atoms with Crippen molar-refractivity contribution in [2.75, 3.05) is 26.2 Å². The Morgan fingerprint density at radius 2 is 2.15 bits per heavy atom. The zero-order valence-electron chi connectivity index (χ0n) is 15.4. The van der Waals surface area contributed by atoms with Gasteiger partial charge in [0.2, 0.25) is 0 Å². The summed E-state index contributed by atoms with van der Waals surface area (Å²) in [6, 6.07) is 4.41. The van der Waals surface area contributed by atoms with Crippen LogP contribution < -0.4 is 0 Å². The fraction of sp³-hybridized carbons (Fsp3) is 0.526. The second-order valence-corrected chi connectivity index (χ2v) is 7.96. The van der Waals surface area contributed by atoms with Crippen molar-refractivity contribution in [2.45, 2.75) is 39.4 Å². The number of imidazole rings is 1. The molecule has 140 valence electrons. The van der Waals surface area contributed by atoms with Crippen LogP contribution in [0, 0.1) is 13.8 Å². The van der Waals surface area contributed by atoms with E-state index in [9.17, 15) is 5.11 Å². The van der Waals surface area contributed by atoms with Crippen LogP contribution in [0.1, 0.15) is 29.3 Å². The topological polar surface area (TPSA) is 57.2 Å². The molecule has 0 aliphatic carbocycles. The summed E-state index contributed by atoms with van der Waals surface area (Å²) >= 11 is 1.68. The SMILES string of the molecule is Cc1ccc(CN2CCN(Cc3c(C)nc4sccn34)CC2CCO)o1. The van der Waals surface area contributed by atoms with Gasteiger partial charge in [-0.25, -0.2) is 4.98 Å². The minimum Gasteiger partial charge on any atom is -0.465 e. The van der Waals surface area contributed by atoms with Crippen molar-refractivity contribution in [3.05, 3.63) is 46.6 Å². The van der Waals surface area contributed by atoms with Crippen LogP contribution >= 0.6 is 11.3 Å². The van der Waals surface area contributed by atoms with Crippen LogP contribution in [0.3, 0.4) is 0 Å². The average Bonchev–Trinajstić information content (AvgIpc) is 3.29. The number of furan rings is 1. The number of piperazine rings is 1. The molecule has 7 heteroatoms. The third-order valence-corrected chi connectivity index (χ3v) is 6.00. The lowest BCUT2D eigenvalue weighted by molar-refractivity contribution is 0.0447. The van der Waals surface area contributed by atoms with Crippen LogP contribution in [0.2, 0.25) is 0 Å². The van der Waals surface area contributed by atoms with Gasteiger partial charge in [-0.1, -0.05) is 0 Å². The quantitative estimate of drug-likeness (QED) is 0.719. The first-order valence-electron chi connectivity index (χ1n) is 9.17. The first kappa shape index (κ1) is 17.7. The molecular formula is C19H26N4O2S. The summed E-state index contributed by atoms with van der Waals surface area (Å²) in [4.78, 5) is 10.6. The highest BCUT2D eigenvalue weighted by Crippen LogP contribution is 2.22. The highest BCUT2D eigenvalue weighted by Gasteiger charge is 2.28. The van der Waals surface area contributed by atoms with E-state index in [0.717, 1.165) is 61.3 Å². The molecule has 0 amide bonds. The Morgan fingerprint density at radius 3 is 2.92 bits per heavy atom. The number of hydrogen-bond donors (Lipinski definition) is 1. The van der Waals surface area contributed by atoms with Crippen molar-refractivity contribution in [3.8, 4) is 0 Å². The van der Waals surface area contributed by atoms with Crippen LogP contribution in [0.5, 0.6) is 0 Å². The zero-order chi connectivity index (χ0) is 18.1. The molecule has 6 nitrogen and oxygen atoms in total. The Balaban J connectivity index is 1.45. The number of thiazole rings is 1. The minimum absolute atomic E-state index is 0.215. The molecule has 1 aliphatic rings. The van der Waals surface area contributed by atoms with Crippen LogP contribution in [0.15, 0.2) is 28.1 Å². The molecule has 1 saturated heterocycles. The van der Waals surface area contributed by atoms with E-state index in [1.54, 1.807) is 11.3 Å². The van der Waals surface area contributed by atoms with E-state index < -0.39 is 0 Å². The van der Waals surface area contributed by atoms with Gasteiger partial charge in [0.25, 0.3) is 0 Å². The van der Waals surface area contributed by atoms with Gasteiger partial charge in [0.15, 0.2) is 4.96 Å². The van der Waals surface area contributed by atoms with E-state index in [2.05, 4.69) is 43.8 Å². The number of rotatable bonds is 6. The maximum Gasteiger partial charge on any atom is 0.194 e. The van der Waals surface area contributed by atoms with E-state index in [0.29, 0.717) is 6.04 Å². The predicted octanol–water partition coefficient (Wildman–Crippen LogP) is 2.67. The third kappa shape index (κ3) is 3.57. The molecule has 4 rings (SSSR count). The lowest BCUT2D eigenvalue weighted by Crippen LogP contribution is -2.52. The minimum atomic E-state index is 0.215. The molecule has 0 saturated carbocycles. The summed E-state index contributed by atoms with van der Waals surface area (Å²) in [5.41, 5.74) is 2.39. The Kier molecular flexibility index (Phi) is 5.13. The van der Waals surface area contributed by atoms with Gasteiger partial charge in [-0.2, -0.15) is 0 Å². The second-order valence-electron chi connectivity index (χ2n) is 7.08. The number of aryl methyl sites for hydroxylation is 2. The van der Waals surface area contributed by atoms with Gasteiger partial charge < -0.3 is 9.52 Å². The third-order valence-electron chi connectivity index (χ3n) is 5.24. The highest BCUT2D eigenvalue weighted by molar-refractivity contribution is 7.15. The van der Waals surface area contributed by atoms with E-state index in [4.69, 9.17) is 4.42 Å². The maximum atomic E-state index is 9.53. The molecule has 1 aliphatic heterocycles. The van der Waals surface area contributed by atoms with Crippen molar-refractivity contribution in [3.63, 3.8) is 0 Å². The molecule has 0 aromatic carbocycles. The first-order valence-corrected chi connectivity index (χ1v) is 10.1. The molecule has 1 atom stereocenters. The van der Waals surface area contributed by atoms with Crippen molar-refractivity contribution in [1.29, 1.82) is 0 Å². The molecule has 4 heterocycles. The fourth-order valence-corrected chi connectivity index (χ4v) is 4.62. The largest absolute Gasteiger partial charge is 0.465 e. The summed E-state index contributed by atoms with van der Waals surface area (Å²) in [5, 5.41) is 11.6. The normalized spacial score (nSPS) is 19.6. The molecule has 1 fully saturated rings. The Labute approximate surface area is 157 Å². The molecule has 1 N–H and O–H groups in total. The Hall–Kier alpha value is -1.67. The number of fused-ring (bicyclic) bond motifs is 1. The summed E-state index contributed by atoms with van der Waals surface area (Å²) in [6.07, 6.45) is 2.89. The smallest absolute Gasteiger partial charge is 0.194 e. The second kappa shape index (κ2) is 7.52. The lowest BCUT2D eigenvalue weighted by atomic mass is 10.1. The zero-order valence-corrected chi connectivity index (χ0v) is 16.2. The van der Waals surface area contributed by atoms with E-state index in [1.807, 2.05) is 13.0 Å². The summed E-state index contributed by atoms with van der Waals surface area (Å²) in [7, 11) is 0. The van der Waals surface area contributed by atoms with Crippen molar-refractivity contribution in [2.24, 2.45) is 0 Å². The highest BCUT2D eigenvalue weighted by atomic mass is 32.1. The van der Waals surface area contributed by atoms with Crippen LogP contribution in [-0.2, 0) is 13.1 Å². The molecule has 0 spiro atoms. The number of aliphatic hydroxyl groups is 1. The van der Waals surface area contributed by atoms with Crippen LogP contribution in [0.25, 0.3) is 4.96 Å². The van der Waals surface area contributed by atoms with Gasteiger partial charge >= 0.3 is 0 Å². The summed E-state index contributed by atoms with van der Waals surface area (Å²) < 4.78 is 7.96. The predicted molar refractivity (Wildman–Crippen MR) is 102 cm³/mol. The fourth-order valence-electron chi connectivity index (χ4n) is 3.85. The number of aliphatic hydroxyl groups excluding tert-OH is 1. The molecule has 1 unspecified atom stereocenters. The van der Waals surface area contributed by atoms with Gasteiger partial charge in [-0.3, -0.25) is 14.2 Å². The monoisotopic (exact) mass is 374 g/mol. The Bertz CT molecular complexity index is 868. The van der Waals surface area contributed by atoms with Gasteiger partial charge in [-0.05, 0) is 32.4 Å². The molecule has 3 aromatic rings. The van der Waals surface area contributed by atoms with Crippen molar-refractivity contribution >= 4 is 16.3 Å². The molecule has 0 bridgehead atoms. The lowest BCUT2D eigenvalue weighted by Gasteiger charge is -2.41. The van der Waals surface area contributed by atoms with Gasteiger partial charge in [-0.15, -0.1) is 11.3 Å². The van der Waals surface area contributed by atoms with Gasteiger partial charge in [0.1, 0.15) is 11.5 Å². The van der Waals surface area contributed by atoms with Crippen LogP contribution in [-0.4, -0.2) is 56.6 Å². The number of nitrogens with zero attached hydrogens (tertiary/aromatic N) is 4. The van der Waals surface area contributed by atoms with E-state index in [-0.39, 0.29) is 6.61 Å². The van der Waals surface area contributed by atoms with Crippen molar-refractivity contribution < 1.29 is 9.52 Å². The van der Waals surface area contributed by atoms with Crippen molar-refractivity contribution in [1.82, 2.24) is 19.2 Å². The summed E-state index contributed by atoms with van der Waals surface area (Å²) in [5.74, 6) is 1.96. The van der Waals surface area contributed by atoms with Gasteiger partial charge in [0.05, 0.1) is 17.9 Å². The molecule has 0 radical (unpaired) electrons. The number of aromatic nitrogens is 2. The molecular weight excluding hydrogens is 348 g/mol. The molecule has 3 aromatic heterocycles. The molecule has 26 heavy (non-hydrogen) atoms. The Morgan fingerprint density at radius 1 is 1.27 bits per heavy atom. The van der Waals surface area contributed by atoms with E-state index in [1.165, 1.54) is 5.69 Å². The van der Waals surface area contributed by atoms with E-state index >= 15 is 0 Å². The standard InChI is InChI=1S/C19H26N4O2S/c1-14-3-4-17(25-14)12-22-7-6-21(11-16(22)5-9-24)13-18-15(2)20-19-23(18)8-10-26-19/h3-4,8,10,16,24H,5-7,9,11-13H2,1-2H3. The summed E-state index contributed by atoms with van der Waals surface area (Å²) in [6.45, 7) is 8.95. The first-order chi connectivity index (χ1) is 12.6. The van der Waals surface area contributed by atoms with Gasteiger partial charge in [0, 0.05) is 50.4 Å². The average molecular weight is 375 g/mol.